The van der Waals surface area contributed by atoms with Crippen LogP contribution in [0.3, 0.4) is 0 Å². The van der Waals surface area contributed by atoms with Crippen LogP contribution in [-0.4, -0.2) is 23.5 Å². The molecule has 0 aromatic heterocycles. The van der Waals surface area contributed by atoms with Crippen LogP contribution in [0, 0.1) is 24.2 Å². The number of carboxylic acids is 1. The van der Waals surface area contributed by atoms with Crippen LogP contribution in [-0.2, 0) is 11.2 Å². The van der Waals surface area contributed by atoms with Crippen molar-refractivity contribution in [3.05, 3.63) is 70.8 Å². The van der Waals surface area contributed by atoms with E-state index in [0.29, 0.717) is 17.5 Å². The number of hydrogen-bond donors (Lipinski definition) is 2. The zero-order valence-corrected chi connectivity index (χ0v) is 13.3. The van der Waals surface area contributed by atoms with Gasteiger partial charge in [0, 0.05) is 12.1 Å². The summed E-state index contributed by atoms with van der Waals surface area (Å²) < 4.78 is 0. The highest BCUT2D eigenvalue weighted by atomic mass is 16.4. The lowest BCUT2D eigenvalue weighted by atomic mass is 9.96. The second-order valence-electron chi connectivity index (χ2n) is 5.56. The van der Waals surface area contributed by atoms with E-state index in [2.05, 4.69) is 5.32 Å². The van der Waals surface area contributed by atoms with E-state index < -0.39 is 11.9 Å². The monoisotopic (exact) mass is 322 g/mol. The number of nitrogens with one attached hydrogen (secondary N) is 1. The second-order valence-corrected chi connectivity index (χ2v) is 5.56. The molecule has 2 aromatic rings. The number of carbonyl (C=O) groups excluding carboxylic acids is 1. The van der Waals surface area contributed by atoms with Crippen molar-refractivity contribution in [1.82, 2.24) is 5.32 Å². The summed E-state index contributed by atoms with van der Waals surface area (Å²) >= 11 is 0. The van der Waals surface area contributed by atoms with Gasteiger partial charge in [0.25, 0.3) is 5.91 Å². The molecule has 0 aliphatic heterocycles. The normalized spacial score (nSPS) is 11.3. The molecule has 0 heterocycles. The van der Waals surface area contributed by atoms with Gasteiger partial charge in [-0.1, -0.05) is 24.3 Å². The quantitative estimate of drug-likeness (QED) is 0.855. The Morgan fingerprint density at radius 2 is 1.83 bits per heavy atom. The molecule has 1 amide bonds. The van der Waals surface area contributed by atoms with Crippen LogP contribution in [0.15, 0.2) is 48.5 Å². The standard InChI is InChI=1S/C19H18N2O3/c1-13-4-2-3-5-16(13)10-17(19(23)24)12-21-18(22)15-8-6-14(11-20)7-9-15/h2-9,17H,10,12H2,1H3,(H,21,22)(H,23,24). The van der Waals surface area contributed by atoms with Crippen molar-refractivity contribution in [2.45, 2.75) is 13.3 Å². The minimum atomic E-state index is -0.946. The van der Waals surface area contributed by atoms with E-state index in [9.17, 15) is 14.7 Å². The van der Waals surface area contributed by atoms with Crippen LogP contribution < -0.4 is 5.32 Å². The first-order valence-corrected chi connectivity index (χ1v) is 7.57. The van der Waals surface area contributed by atoms with Gasteiger partial charge >= 0.3 is 5.97 Å². The van der Waals surface area contributed by atoms with Gasteiger partial charge in [-0.25, -0.2) is 0 Å². The number of nitrogens with zero attached hydrogens (tertiary/aromatic N) is 1. The summed E-state index contributed by atoms with van der Waals surface area (Å²) in [5.74, 6) is -2.00. The Kier molecular flexibility index (Phi) is 5.69. The first-order chi connectivity index (χ1) is 11.5. The fraction of sp³-hybridized carbons (Fsp3) is 0.211. The molecule has 0 bridgehead atoms. The van der Waals surface area contributed by atoms with Crippen LogP contribution >= 0.6 is 0 Å². The van der Waals surface area contributed by atoms with E-state index in [0.717, 1.165) is 11.1 Å². The number of aliphatic carboxylic acids is 1. The molecular weight excluding hydrogens is 304 g/mol. The molecule has 2 N–H and O–H groups in total. The molecule has 5 heteroatoms. The molecule has 0 saturated carbocycles. The SMILES string of the molecule is Cc1ccccc1CC(CNC(=O)c1ccc(C#N)cc1)C(=O)O. The summed E-state index contributed by atoms with van der Waals surface area (Å²) in [5, 5.41) is 20.8. The van der Waals surface area contributed by atoms with Crippen molar-refractivity contribution < 1.29 is 14.7 Å². The molecule has 0 fully saturated rings. The number of benzene rings is 2. The number of hydrogen-bond acceptors (Lipinski definition) is 3. The average Bonchev–Trinajstić information content (AvgIpc) is 2.59. The fourth-order valence-corrected chi connectivity index (χ4v) is 2.37. The molecule has 0 aliphatic carbocycles. The molecule has 24 heavy (non-hydrogen) atoms. The minimum absolute atomic E-state index is 0.0441. The van der Waals surface area contributed by atoms with Gasteiger partial charge in [0.2, 0.25) is 0 Å². The molecule has 0 radical (unpaired) electrons. The summed E-state index contributed by atoms with van der Waals surface area (Å²) in [6.07, 6.45) is 0.357. The van der Waals surface area contributed by atoms with Gasteiger partial charge < -0.3 is 10.4 Å². The maximum absolute atomic E-state index is 12.1. The highest BCUT2D eigenvalue weighted by Crippen LogP contribution is 2.13. The first kappa shape index (κ1) is 17.2. The van der Waals surface area contributed by atoms with E-state index in [1.807, 2.05) is 37.3 Å². The lowest BCUT2D eigenvalue weighted by molar-refractivity contribution is -0.141. The molecule has 2 aromatic carbocycles. The van der Waals surface area contributed by atoms with Gasteiger partial charge in [0.15, 0.2) is 0 Å². The van der Waals surface area contributed by atoms with Gasteiger partial charge in [0.05, 0.1) is 17.6 Å². The van der Waals surface area contributed by atoms with Crippen molar-refractivity contribution in [2.75, 3.05) is 6.54 Å². The summed E-state index contributed by atoms with van der Waals surface area (Å²) in [7, 11) is 0. The maximum atomic E-state index is 12.1. The Balaban J connectivity index is 2.00. The predicted octanol–water partition coefficient (Wildman–Crippen LogP) is 2.54. The molecule has 1 unspecified atom stereocenters. The molecule has 1 atom stereocenters. The molecular formula is C19H18N2O3. The molecule has 122 valence electrons. The third kappa shape index (κ3) is 4.43. The largest absolute Gasteiger partial charge is 0.481 e. The van der Waals surface area contributed by atoms with Gasteiger partial charge in [0.1, 0.15) is 0 Å². The van der Waals surface area contributed by atoms with Crippen LogP contribution in [0.1, 0.15) is 27.0 Å². The Bertz CT molecular complexity index is 776. The highest BCUT2D eigenvalue weighted by Gasteiger charge is 2.20. The lowest BCUT2D eigenvalue weighted by Crippen LogP contribution is -2.34. The Labute approximate surface area is 140 Å². The first-order valence-electron chi connectivity index (χ1n) is 7.57. The Morgan fingerprint density at radius 3 is 2.42 bits per heavy atom. The lowest BCUT2D eigenvalue weighted by Gasteiger charge is -2.15. The highest BCUT2D eigenvalue weighted by molar-refractivity contribution is 5.94. The van der Waals surface area contributed by atoms with Gasteiger partial charge in [-0.3, -0.25) is 9.59 Å². The Morgan fingerprint density at radius 1 is 1.17 bits per heavy atom. The van der Waals surface area contributed by atoms with E-state index in [1.54, 1.807) is 24.3 Å². The Hall–Kier alpha value is -3.13. The van der Waals surface area contributed by atoms with Crippen LogP contribution in [0.2, 0.25) is 0 Å². The van der Waals surface area contributed by atoms with E-state index in [-0.39, 0.29) is 12.5 Å². The van der Waals surface area contributed by atoms with E-state index in [1.165, 1.54) is 0 Å². The van der Waals surface area contributed by atoms with Crippen molar-refractivity contribution in [3.8, 4) is 6.07 Å². The summed E-state index contributed by atoms with van der Waals surface area (Å²) in [5.41, 5.74) is 2.85. The van der Waals surface area contributed by atoms with Gasteiger partial charge in [-0.05, 0) is 48.7 Å². The van der Waals surface area contributed by atoms with Crippen LogP contribution in [0.25, 0.3) is 0 Å². The average molecular weight is 322 g/mol. The van der Waals surface area contributed by atoms with Crippen molar-refractivity contribution in [1.29, 1.82) is 5.26 Å². The summed E-state index contributed by atoms with van der Waals surface area (Å²) in [6, 6.07) is 15.8. The van der Waals surface area contributed by atoms with E-state index >= 15 is 0 Å². The number of amides is 1. The maximum Gasteiger partial charge on any atom is 0.308 e. The van der Waals surface area contributed by atoms with Crippen molar-refractivity contribution in [2.24, 2.45) is 5.92 Å². The van der Waals surface area contributed by atoms with E-state index in [4.69, 9.17) is 5.26 Å². The smallest absolute Gasteiger partial charge is 0.308 e. The van der Waals surface area contributed by atoms with Crippen LogP contribution in [0.4, 0.5) is 0 Å². The minimum Gasteiger partial charge on any atom is -0.481 e. The van der Waals surface area contributed by atoms with Crippen molar-refractivity contribution in [3.63, 3.8) is 0 Å². The number of rotatable bonds is 6. The number of carbonyl (C=O) groups is 2. The molecule has 5 nitrogen and oxygen atoms in total. The third-order valence-electron chi connectivity index (χ3n) is 3.86. The zero-order chi connectivity index (χ0) is 17.5. The summed E-state index contributed by atoms with van der Waals surface area (Å²) in [4.78, 5) is 23.6. The fourth-order valence-electron chi connectivity index (χ4n) is 2.37. The predicted molar refractivity (Wildman–Crippen MR) is 89.5 cm³/mol. The third-order valence-corrected chi connectivity index (χ3v) is 3.86. The van der Waals surface area contributed by atoms with Gasteiger partial charge in [-0.2, -0.15) is 5.26 Å². The van der Waals surface area contributed by atoms with Crippen molar-refractivity contribution >= 4 is 11.9 Å². The molecule has 0 saturated heterocycles. The molecule has 2 rings (SSSR count). The molecule has 0 spiro atoms. The second kappa shape index (κ2) is 7.93. The van der Waals surface area contributed by atoms with Gasteiger partial charge in [-0.15, -0.1) is 0 Å². The summed E-state index contributed by atoms with van der Waals surface area (Å²) in [6.45, 7) is 1.98. The van der Waals surface area contributed by atoms with Crippen LogP contribution in [0.5, 0.6) is 0 Å². The number of carboxylic acid groups (broad SMARTS) is 1. The number of nitriles is 1. The number of aryl methyl sites for hydroxylation is 1. The topological polar surface area (TPSA) is 90.2 Å². The zero-order valence-electron chi connectivity index (χ0n) is 13.3. The molecule has 0 aliphatic rings.